The maximum atomic E-state index is 12.6. The Kier molecular flexibility index (Phi) is 6.62. The van der Waals surface area contributed by atoms with Crippen LogP contribution in [0.5, 0.6) is 0 Å². The third-order valence-electron chi connectivity index (χ3n) is 4.51. The number of carbonyl (C=O) groups is 1. The molecule has 0 unspecified atom stereocenters. The molecule has 2 aliphatic rings. The molecule has 2 heterocycles. The number of amides is 1. The van der Waals surface area contributed by atoms with Gasteiger partial charge in [0.15, 0.2) is 0 Å². The van der Waals surface area contributed by atoms with Crippen molar-refractivity contribution in [1.29, 1.82) is 0 Å². The summed E-state index contributed by atoms with van der Waals surface area (Å²) in [6.45, 7) is 4.14. The SMILES string of the molecule is CC(=O)N1CCCc2ccc(S(=O)(=O)NCC3=CCNCC3)cc21.Cl. The van der Waals surface area contributed by atoms with Gasteiger partial charge in [-0.1, -0.05) is 17.7 Å². The summed E-state index contributed by atoms with van der Waals surface area (Å²) in [6.07, 6.45) is 4.65. The van der Waals surface area contributed by atoms with Crippen LogP contribution in [0.25, 0.3) is 0 Å². The molecular weight excluding hydrogens is 362 g/mol. The summed E-state index contributed by atoms with van der Waals surface area (Å²) in [5, 5.41) is 3.20. The third kappa shape index (κ3) is 4.61. The predicted octanol–water partition coefficient (Wildman–Crippen LogP) is 1.61. The number of rotatable bonds is 4. The van der Waals surface area contributed by atoms with Gasteiger partial charge in [-0.3, -0.25) is 4.79 Å². The standard InChI is InChI=1S/C17H23N3O3S.ClH/c1-13(21)20-10-2-3-15-4-5-16(11-17(15)20)24(22,23)19-12-14-6-8-18-9-7-14;/h4-6,11,18-19H,2-3,7-10,12H2,1H3;1H. The second kappa shape index (κ2) is 8.31. The van der Waals surface area contributed by atoms with E-state index in [0.29, 0.717) is 13.1 Å². The van der Waals surface area contributed by atoms with Crippen LogP contribution in [0, 0.1) is 0 Å². The van der Waals surface area contributed by atoms with Crippen LogP contribution in [0.2, 0.25) is 0 Å². The number of aryl methyl sites for hydroxylation is 1. The van der Waals surface area contributed by atoms with Gasteiger partial charge in [0, 0.05) is 32.2 Å². The van der Waals surface area contributed by atoms with E-state index in [4.69, 9.17) is 0 Å². The van der Waals surface area contributed by atoms with Gasteiger partial charge in [0.25, 0.3) is 0 Å². The first kappa shape index (κ1) is 19.9. The number of fused-ring (bicyclic) bond motifs is 1. The summed E-state index contributed by atoms with van der Waals surface area (Å²) < 4.78 is 27.8. The molecule has 0 spiro atoms. The summed E-state index contributed by atoms with van der Waals surface area (Å²) in [4.78, 5) is 13.7. The van der Waals surface area contributed by atoms with Gasteiger partial charge in [0.2, 0.25) is 15.9 Å². The topological polar surface area (TPSA) is 78.5 Å². The van der Waals surface area contributed by atoms with E-state index < -0.39 is 10.0 Å². The van der Waals surface area contributed by atoms with Crippen molar-refractivity contribution < 1.29 is 13.2 Å². The summed E-state index contributed by atoms with van der Waals surface area (Å²) in [6, 6.07) is 5.07. The van der Waals surface area contributed by atoms with Crippen molar-refractivity contribution in [2.24, 2.45) is 0 Å². The largest absolute Gasteiger partial charge is 0.313 e. The minimum Gasteiger partial charge on any atom is -0.313 e. The van der Waals surface area contributed by atoms with Crippen LogP contribution in [0.1, 0.15) is 25.3 Å². The smallest absolute Gasteiger partial charge is 0.240 e. The summed E-state index contributed by atoms with van der Waals surface area (Å²) in [7, 11) is -3.59. The minimum absolute atomic E-state index is 0. The second-order valence-electron chi connectivity index (χ2n) is 6.21. The zero-order valence-electron chi connectivity index (χ0n) is 14.2. The molecule has 6 nitrogen and oxygen atoms in total. The average Bonchev–Trinajstić information content (AvgIpc) is 2.60. The van der Waals surface area contributed by atoms with Crippen LogP contribution < -0.4 is 14.9 Å². The Balaban J connectivity index is 0.00000225. The molecule has 0 radical (unpaired) electrons. The quantitative estimate of drug-likeness (QED) is 0.772. The van der Waals surface area contributed by atoms with Crippen molar-refractivity contribution in [3.63, 3.8) is 0 Å². The molecular formula is C17H24ClN3O3S. The Labute approximate surface area is 155 Å². The van der Waals surface area contributed by atoms with E-state index in [-0.39, 0.29) is 23.2 Å². The Bertz CT molecular complexity index is 777. The number of nitrogens with one attached hydrogen (secondary N) is 2. The van der Waals surface area contributed by atoms with Gasteiger partial charge in [-0.05, 0) is 43.5 Å². The number of benzene rings is 1. The lowest BCUT2D eigenvalue weighted by atomic mass is 10.0. The number of hydrogen-bond acceptors (Lipinski definition) is 4. The number of nitrogens with zero attached hydrogens (tertiary/aromatic N) is 1. The summed E-state index contributed by atoms with van der Waals surface area (Å²) in [5.41, 5.74) is 2.84. The maximum Gasteiger partial charge on any atom is 0.240 e. The van der Waals surface area contributed by atoms with Crippen molar-refractivity contribution in [2.75, 3.05) is 31.1 Å². The fourth-order valence-corrected chi connectivity index (χ4v) is 4.21. The molecule has 0 aliphatic carbocycles. The van der Waals surface area contributed by atoms with Crippen molar-refractivity contribution in [2.45, 2.75) is 31.1 Å². The number of hydrogen-bond donors (Lipinski definition) is 2. The van der Waals surface area contributed by atoms with E-state index in [1.165, 1.54) is 6.92 Å². The van der Waals surface area contributed by atoms with E-state index in [9.17, 15) is 13.2 Å². The molecule has 0 fully saturated rings. The Hall–Kier alpha value is -1.41. The first-order valence-corrected chi connectivity index (χ1v) is 9.75. The Morgan fingerprint density at radius 2 is 2.12 bits per heavy atom. The zero-order valence-corrected chi connectivity index (χ0v) is 15.9. The van der Waals surface area contributed by atoms with E-state index >= 15 is 0 Å². The van der Waals surface area contributed by atoms with Crippen molar-refractivity contribution in [3.05, 3.63) is 35.4 Å². The monoisotopic (exact) mass is 385 g/mol. The highest BCUT2D eigenvalue weighted by Gasteiger charge is 2.23. The van der Waals surface area contributed by atoms with Gasteiger partial charge in [-0.25, -0.2) is 13.1 Å². The van der Waals surface area contributed by atoms with E-state index in [2.05, 4.69) is 10.0 Å². The highest BCUT2D eigenvalue weighted by molar-refractivity contribution is 7.89. The van der Waals surface area contributed by atoms with Crippen LogP contribution in [-0.2, 0) is 21.2 Å². The average molecular weight is 386 g/mol. The van der Waals surface area contributed by atoms with Crippen LogP contribution in [0.15, 0.2) is 34.7 Å². The zero-order chi connectivity index (χ0) is 17.2. The second-order valence-corrected chi connectivity index (χ2v) is 7.97. The molecule has 0 atom stereocenters. The molecule has 0 bridgehead atoms. The molecule has 0 aromatic heterocycles. The fourth-order valence-electron chi connectivity index (χ4n) is 3.15. The molecule has 138 valence electrons. The van der Waals surface area contributed by atoms with Crippen LogP contribution >= 0.6 is 12.4 Å². The molecule has 8 heteroatoms. The first-order chi connectivity index (χ1) is 11.5. The molecule has 0 saturated carbocycles. The molecule has 25 heavy (non-hydrogen) atoms. The molecule has 1 amide bonds. The van der Waals surface area contributed by atoms with Gasteiger partial charge in [-0.15, -0.1) is 12.4 Å². The molecule has 2 N–H and O–H groups in total. The summed E-state index contributed by atoms with van der Waals surface area (Å²) in [5.74, 6) is -0.0571. The Morgan fingerprint density at radius 3 is 2.80 bits per heavy atom. The predicted molar refractivity (Wildman–Crippen MR) is 101 cm³/mol. The van der Waals surface area contributed by atoms with Crippen molar-refractivity contribution >= 4 is 34.0 Å². The lowest BCUT2D eigenvalue weighted by Gasteiger charge is -2.29. The fraction of sp³-hybridized carbons (Fsp3) is 0.471. The highest BCUT2D eigenvalue weighted by Crippen LogP contribution is 2.29. The number of halogens is 1. The minimum atomic E-state index is -3.59. The highest BCUT2D eigenvalue weighted by atomic mass is 35.5. The first-order valence-electron chi connectivity index (χ1n) is 8.27. The van der Waals surface area contributed by atoms with Crippen LogP contribution in [-0.4, -0.2) is 40.5 Å². The maximum absolute atomic E-state index is 12.6. The van der Waals surface area contributed by atoms with E-state index in [0.717, 1.165) is 49.2 Å². The lowest BCUT2D eigenvalue weighted by Crippen LogP contribution is -2.34. The normalized spacial score (nSPS) is 17.3. The molecule has 1 aromatic carbocycles. The molecule has 0 saturated heterocycles. The molecule has 3 rings (SSSR count). The van der Waals surface area contributed by atoms with Gasteiger partial charge in [-0.2, -0.15) is 0 Å². The third-order valence-corrected chi connectivity index (χ3v) is 5.91. The van der Waals surface area contributed by atoms with Gasteiger partial charge >= 0.3 is 0 Å². The van der Waals surface area contributed by atoms with Crippen molar-refractivity contribution in [3.8, 4) is 0 Å². The summed E-state index contributed by atoms with van der Waals surface area (Å²) >= 11 is 0. The Morgan fingerprint density at radius 1 is 1.32 bits per heavy atom. The lowest BCUT2D eigenvalue weighted by molar-refractivity contribution is -0.116. The van der Waals surface area contributed by atoms with Crippen molar-refractivity contribution in [1.82, 2.24) is 10.0 Å². The van der Waals surface area contributed by atoms with Gasteiger partial charge in [0.1, 0.15) is 0 Å². The van der Waals surface area contributed by atoms with Gasteiger partial charge < -0.3 is 10.2 Å². The van der Waals surface area contributed by atoms with E-state index in [1.807, 2.05) is 12.1 Å². The van der Waals surface area contributed by atoms with E-state index in [1.54, 1.807) is 17.0 Å². The number of sulfonamides is 1. The molecule has 1 aromatic rings. The molecule has 2 aliphatic heterocycles. The number of carbonyl (C=O) groups excluding carboxylic acids is 1. The van der Waals surface area contributed by atoms with Gasteiger partial charge in [0.05, 0.1) is 4.90 Å². The van der Waals surface area contributed by atoms with Crippen LogP contribution in [0.4, 0.5) is 5.69 Å². The van der Waals surface area contributed by atoms with Crippen LogP contribution in [0.3, 0.4) is 0 Å². The number of anilines is 1.